The fourth-order valence-corrected chi connectivity index (χ4v) is 4.89. The molecule has 12 heteroatoms. The van der Waals surface area contributed by atoms with E-state index in [1.165, 1.54) is 7.11 Å². The van der Waals surface area contributed by atoms with E-state index in [4.69, 9.17) is 33.3 Å². The van der Waals surface area contributed by atoms with E-state index < -0.39 is 11.8 Å². The highest BCUT2D eigenvalue weighted by Gasteiger charge is 2.33. The predicted octanol–water partition coefficient (Wildman–Crippen LogP) is 5.67. The van der Waals surface area contributed by atoms with Crippen LogP contribution in [-0.4, -0.2) is 40.8 Å². The van der Waals surface area contributed by atoms with Crippen molar-refractivity contribution in [3.05, 3.63) is 92.3 Å². The number of benzene rings is 3. The summed E-state index contributed by atoms with van der Waals surface area (Å²) in [6.45, 7) is -0.261. The third-order valence-electron chi connectivity index (χ3n) is 5.09. The highest BCUT2D eigenvalue weighted by atomic mass is 79.9. The van der Waals surface area contributed by atoms with Crippen molar-refractivity contribution in [1.29, 1.82) is 0 Å². The minimum Gasteiger partial charge on any atom is -0.493 e. The number of thiocarbonyl (C=S) groups is 1. The zero-order chi connectivity index (χ0) is 27.2. The minimum absolute atomic E-state index is 0.204. The summed E-state index contributed by atoms with van der Waals surface area (Å²) in [4.78, 5) is 38.0. The molecule has 1 heterocycles. The normalized spacial score (nSPS) is 14.0. The van der Waals surface area contributed by atoms with Crippen LogP contribution in [0.5, 0.6) is 11.5 Å². The molecule has 1 aliphatic rings. The quantitative estimate of drug-likeness (QED) is 0.244. The Morgan fingerprint density at radius 2 is 1.87 bits per heavy atom. The van der Waals surface area contributed by atoms with E-state index >= 15 is 0 Å². The number of hydrazine groups is 1. The second kappa shape index (κ2) is 12.4. The Kier molecular flexibility index (Phi) is 9.05. The smallest absolute Gasteiger partial charge is 0.285 e. The number of rotatable bonds is 8. The lowest BCUT2D eigenvalue weighted by Crippen LogP contribution is -2.44. The van der Waals surface area contributed by atoms with Crippen molar-refractivity contribution in [1.82, 2.24) is 10.4 Å². The highest BCUT2D eigenvalue weighted by molar-refractivity contribution is 9.10. The summed E-state index contributed by atoms with van der Waals surface area (Å²) < 4.78 is 12.0. The fourth-order valence-electron chi connectivity index (χ4n) is 3.28. The second-order valence-electron chi connectivity index (χ2n) is 7.70. The van der Waals surface area contributed by atoms with Gasteiger partial charge in [0.2, 0.25) is 0 Å². The van der Waals surface area contributed by atoms with Crippen LogP contribution in [0.1, 0.15) is 15.9 Å². The van der Waals surface area contributed by atoms with E-state index in [9.17, 15) is 14.4 Å². The van der Waals surface area contributed by atoms with Crippen molar-refractivity contribution < 1.29 is 23.9 Å². The number of methoxy groups -OCH3 is 1. The van der Waals surface area contributed by atoms with Gasteiger partial charge in [0.15, 0.2) is 22.4 Å². The van der Waals surface area contributed by atoms with E-state index in [0.29, 0.717) is 38.2 Å². The van der Waals surface area contributed by atoms with Crippen molar-refractivity contribution in [3.63, 3.8) is 0 Å². The molecule has 4 rings (SSSR count). The molecule has 3 amide bonds. The molecule has 3 aromatic carbocycles. The molecule has 1 saturated heterocycles. The van der Waals surface area contributed by atoms with Gasteiger partial charge in [-0.15, -0.1) is 0 Å². The van der Waals surface area contributed by atoms with Gasteiger partial charge in [-0.05, 0) is 82.3 Å². The first kappa shape index (κ1) is 27.6. The zero-order valence-electron chi connectivity index (χ0n) is 19.7. The Morgan fingerprint density at radius 3 is 2.58 bits per heavy atom. The van der Waals surface area contributed by atoms with E-state index in [2.05, 4.69) is 26.7 Å². The first-order valence-corrected chi connectivity index (χ1v) is 13.3. The first-order chi connectivity index (χ1) is 18.2. The summed E-state index contributed by atoms with van der Waals surface area (Å²) in [5.74, 6) is -0.565. The number of hydrogen-bond donors (Lipinski definition) is 2. The van der Waals surface area contributed by atoms with Gasteiger partial charge in [-0.3, -0.25) is 19.8 Å². The Balaban J connectivity index is 1.40. The summed E-state index contributed by atoms with van der Waals surface area (Å²) in [6, 6.07) is 18.6. The molecule has 0 aliphatic carbocycles. The number of amides is 3. The number of nitrogens with one attached hydrogen (secondary N) is 2. The maximum atomic E-state index is 12.9. The number of carbonyl (C=O) groups excluding carboxylic acids is 3. The van der Waals surface area contributed by atoms with Crippen LogP contribution in [0.4, 0.5) is 5.69 Å². The van der Waals surface area contributed by atoms with Gasteiger partial charge in [-0.25, -0.2) is 0 Å². The third-order valence-corrected chi connectivity index (χ3v) is 7.63. The number of carbonyl (C=O) groups is 3. The number of ether oxygens (including phenoxy) is 2. The van der Waals surface area contributed by atoms with E-state index in [1.807, 2.05) is 0 Å². The summed E-state index contributed by atoms with van der Waals surface area (Å²) in [5, 5.41) is 4.23. The van der Waals surface area contributed by atoms with Crippen LogP contribution in [-0.2, 0) is 9.59 Å². The lowest BCUT2D eigenvalue weighted by molar-refractivity contribution is -0.123. The molecule has 194 valence electrons. The number of anilines is 1. The monoisotopic (exact) mass is 631 g/mol. The Labute approximate surface area is 241 Å². The molecule has 0 bridgehead atoms. The molecule has 0 unspecified atom stereocenters. The molecule has 0 atom stereocenters. The Morgan fingerprint density at radius 1 is 1.11 bits per heavy atom. The molecular formula is C26H19BrClN3O5S2. The highest BCUT2D eigenvalue weighted by Crippen LogP contribution is 2.34. The predicted molar refractivity (Wildman–Crippen MR) is 155 cm³/mol. The Bertz CT molecular complexity index is 1450. The van der Waals surface area contributed by atoms with Gasteiger partial charge < -0.3 is 14.8 Å². The fraction of sp³-hybridized carbons (Fsp3) is 0.0769. The van der Waals surface area contributed by atoms with Gasteiger partial charge in [-0.1, -0.05) is 47.6 Å². The number of hydrogen-bond acceptors (Lipinski definition) is 7. The van der Waals surface area contributed by atoms with Crippen LogP contribution in [0.2, 0.25) is 5.02 Å². The topological polar surface area (TPSA) is 97.0 Å². The van der Waals surface area contributed by atoms with E-state index in [-0.39, 0.29) is 16.8 Å². The molecule has 3 aromatic rings. The van der Waals surface area contributed by atoms with Crippen LogP contribution in [0.15, 0.2) is 76.1 Å². The third kappa shape index (κ3) is 6.73. The number of thioether (sulfide) groups is 1. The number of halogens is 2. The zero-order valence-corrected chi connectivity index (χ0v) is 23.7. The van der Waals surface area contributed by atoms with Gasteiger partial charge in [0, 0.05) is 15.7 Å². The standard InChI is InChI=1S/C26H19BrClN3O5S2/c1-35-21-11-15(7-10-20(21)36-14-23(32)29-17-8-9-18(27)19(28)13-17)12-22-25(34)31(26(37)38-22)30-24(33)16-5-3-2-4-6-16/h2-13H,14H2,1H3,(H,29,32)(H,30,33)/b22-12+. The van der Waals surface area contributed by atoms with Gasteiger partial charge >= 0.3 is 0 Å². The molecule has 0 spiro atoms. The number of nitrogens with zero attached hydrogens (tertiary/aromatic N) is 1. The molecule has 8 nitrogen and oxygen atoms in total. The average molecular weight is 633 g/mol. The van der Waals surface area contributed by atoms with Gasteiger partial charge in [0.05, 0.1) is 17.0 Å². The maximum Gasteiger partial charge on any atom is 0.285 e. The molecule has 2 N–H and O–H groups in total. The molecule has 1 fully saturated rings. The lowest BCUT2D eigenvalue weighted by Gasteiger charge is -2.15. The molecule has 1 aliphatic heterocycles. The first-order valence-electron chi connectivity index (χ1n) is 10.9. The van der Waals surface area contributed by atoms with Crippen LogP contribution in [0.25, 0.3) is 6.08 Å². The van der Waals surface area contributed by atoms with Crippen molar-refractivity contribution in [2.75, 3.05) is 19.0 Å². The second-order valence-corrected chi connectivity index (χ2v) is 10.6. The summed E-state index contributed by atoms with van der Waals surface area (Å²) in [5.41, 5.74) is 4.12. The molecular weight excluding hydrogens is 614 g/mol. The summed E-state index contributed by atoms with van der Waals surface area (Å²) >= 11 is 15.7. The van der Waals surface area contributed by atoms with Crippen molar-refractivity contribution in [2.45, 2.75) is 0 Å². The van der Waals surface area contributed by atoms with E-state index in [1.54, 1.807) is 72.8 Å². The van der Waals surface area contributed by atoms with Gasteiger partial charge in [0.1, 0.15) is 0 Å². The lowest BCUT2D eigenvalue weighted by atomic mass is 10.2. The van der Waals surface area contributed by atoms with Gasteiger partial charge in [0.25, 0.3) is 17.7 Å². The van der Waals surface area contributed by atoms with Crippen molar-refractivity contribution >= 4 is 85.3 Å². The summed E-state index contributed by atoms with van der Waals surface area (Å²) in [7, 11) is 1.47. The van der Waals surface area contributed by atoms with Crippen LogP contribution in [0, 0.1) is 0 Å². The van der Waals surface area contributed by atoms with Crippen LogP contribution < -0.4 is 20.2 Å². The van der Waals surface area contributed by atoms with Gasteiger partial charge in [-0.2, -0.15) is 5.01 Å². The average Bonchev–Trinajstić information content (AvgIpc) is 3.17. The van der Waals surface area contributed by atoms with E-state index in [0.717, 1.165) is 21.2 Å². The summed E-state index contributed by atoms with van der Waals surface area (Å²) in [6.07, 6.45) is 1.63. The minimum atomic E-state index is -0.451. The van der Waals surface area contributed by atoms with Crippen LogP contribution >= 0.6 is 51.5 Å². The van der Waals surface area contributed by atoms with Crippen LogP contribution in [0.3, 0.4) is 0 Å². The maximum absolute atomic E-state index is 12.9. The largest absolute Gasteiger partial charge is 0.493 e. The SMILES string of the molecule is COc1cc(/C=C2/SC(=S)N(NC(=O)c3ccccc3)C2=O)ccc1OCC(=O)Nc1ccc(Br)c(Cl)c1. The molecule has 0 saturated carbocycles. The molecule has 0 aromatic heterocycles. The van der Waals surface area contributed by atoms with Crippen molar-refractivity contribution in [3.8, 4) is 11.5 Å². The Hall–Kier alpha value is -3.38. The van der Waals surface area contributed by atoms with Crippen molar-refractivity contribution in [2.24, 2.45) is 0 Å². The molecule has 38 heavy (non-hydrogen) atoms. The molecule has 0 radical (unpaired) electrons.